The number of piperidine rings is 1. The maximum absolute atomic E-state index is 15.7. The van der Waals surface area contributed by atoms with Crippen LogP contribution in [0, 0.1) is 11.7 Å². The third-order valence-electron chi connectivity index (χ3n) is 6.57. The number of benzene rings is 1. The van der Waals surface area contributed by atoms with Gasteiger partial charge in [-0.15, -0.1) is 0 Å². The summed E-state index contributed by atoms with van der Waals surface area (Å²) in [5.74, 6) is 0.121. The Morgan fingerprint density at radius 1 is 1.19 bits per heavy atom. The van der Waals surface area contributed by atoms with E-state index in [1.165, 1.54) is 9.58 Å². The highest BCUT2D eigenvalue weighted by Crippen LogP contribution is 2.34. The van der Waals surface area contributed by atoms with Crippen molar-refractivity contribution in [2.75, 3.05) is 49.1 Å². The second kappa shape index (κ2) is 10.9. The maximum Gasteiger partial charge on any atom is 0.407 e. The van der Waals surface area contributed by atoms with E-state index in [9.17, 15) is 14.4 Å². The number of urea groups is 1. The van der Waals surface area contributed by atoms with Crippen LogP contribution in [0.15, 0.2) is 12.1 Å². The molecule has 1 aromatic heterocycles. The highest BCUT2D eigenvalue weighted by atomic mass is 19.1. The minimum atomic E-state index is -0.544. The standard InChI is InChI=1S/C25H36FN7O4/c1-25(2,3)37-24(36)28-11-10-27-15-16-7-12-32(13-8-16)18-6-5-17-21(20(18)26)31(4)30-22(17)33-14-9-19(34)29-23(33)35/h5-6,16,27H,7-15H2,1-4H3,(H,28,36)(H,29,34,35). The summed E-state index contributed by atoms with van der Waals surface area (Å²) in [5.41, 5.74) is 0.340. The number of aromatic nitrogens is 2. The van der Waals surface area contributed by atoms with Crippen molar-refractivity contribution in [1.29, 1.82) is 0 Å². The number of halogens is 1. The normalized spacial score (nSPS) is 17.3. The van der Waals surface area contributed by atoms with Crippen molar-refractivity contribution in [3.8, 4) is 0 Å². The molecule has 2 fully saturated rings. The molecule has 2 aromatic rings. The number of carbonyl (C=O) groups excluding carboxylic acids is 3. The van der Waals surface area contributed by atoms with Gasteiger partial charge in [0, 0.05) is 51.6 Å². The molecule has 1 aromatic carbocycles. The quantitative estimate of drug-likeness (QED) is 0.483. The van der Waals surface area contributed by atoms with E-state index in [-0.39, 0.29) is 24.7 Å². The summed E-state index contributed by atoms with van der Waals surface area (Å²) in [7, 11) is 1.65. The molecule has 4 amide bonds. The molecule has 0 unspecified atom stereocenters. The number of aryl methyl sites for hydroxylation is 1. The van der Waals surface area contributed by atoms with Crippen LogP contribution in [0.4, 0.5) is 25.5 Å². The van der Waals surface area contributed by atoms with Crippen LogP contribution in [0.1, 0.15) is 40.0 Å². The number of nitrogens with zero attached hydrogens (tertiary/aromatic N) is 4. The Morgan fingerprint density at radius 2 is 1.92 bits per heavy atom. The molecule has 0 atom stereocenters. The molecule has 12 heteroatoms. The lowest BCUT2D eigenvalue weighted by molar-refractivity contribution is -0.120. The van der Waals surface area contributed by atoms with Gasteiger partial charge in [-0.1, -0.05) is 0 Å². The van der Waals surface area contributed by atoms with Crippen LogP contribution in [-0.2, 0) is 16.6 Å². The second-order valence-corrected chi connectivity index (χ2v) is 10.6. The summed E-state index contributed by atoms with van der Waals surface area (Å²) < 4.78 is 22.3. The van der Waals surface area contributed by atoms with Crippen LogP contribution in [0.3, 0.4) is 0 Å². The zero-order valence-electron chi connectivity index (χ0n) is 21.9. The molecule has 4 rings (SSSR count). The molecule has 2 saturated heterocycles. The monoisotopic (exact) mass is 517 g/mol. The summed E-state index contributed by atoms with van der Waals surface area (Å²) in [5, 5.41) is 13.3. The SMILES string of the molecule is Cn1nc(N2CCC(=O)NC2=O)c2ccc(N3CCC(CNCCNC(=O)OC(C)(C)C)CC3)c(F)c21. The Hall–Kier alpha value is -3.41. The molecule has 2 aliphatic rings. The van der Waals surface area contributed by atoms with E-state index in [1.807, 2.05) is 25.7 Å². The summed E-state index contributed by atoms with van der Waals surface area (Å²) in [6, 6.07) is 3.00. The molecule has 3 N–H and O–H groups in total. The van der Waals surface area contributed by atoms with E-state index < -0.39 is 17.7 Å². The van der Waals surface area contributed by atoms with Gasteiger partial charge in [0.1, 0.15) is 11.1 Å². The van der Waals surface area contributed by atoms with Gasteiger partial charge in [0.25, 0.3) is 0 Å². The van der Waals surface area contributed by atoms with E-state index in [0.29, 0.717) is 41.4 Å². The zero-order valence-corrected chi connectivity index (χ0v) is 21.9. The third-order valence-corrected chi connectivity index (χ3v) is 6.57. The van der Waals surface area contributed by atoms with Gasteiger partial charge < -0.3 is 20.3 Å². The van der Waals surface area contributed by atoms with Gasteiger partial charge in [-0.25, -0.2) is 14.0 Å². The van der Waals surface area contributed by atoms with Crippen LogP contribution in [-0.4, -0.2) is 72.7 Å². The summed E-state index contributed by atoms with van der Waals surface area (Å²) in [6.07, 6.45) is 1.59. The number of hydrogen-bond acceptors (Lipinski definition) is 7. The van der Waals surface area contributed by atoms with Crippen LogP contribution in [0.25, 0.3) is 10.9 Å². The zero-order chi connectivity index (χ0) is 26.7. The highest BCUT2D eigenvalue weighted by molar-refractivity contribution is 6.09. The average Bonchev–Trinajstić information content (AvgIpc) is 3.15. The molecule has 0 bridgehead atoms. The maximum atomic E-state index is 15.7. The van der Waals surface area contributed by atoms with Gasteiger partial charge in [-0.2, -0.15) is 5.10 Å². The Bertz CT molecular complexity index is 1170. The van der Waals surface area contributed by atoms with E-state index in [4.69, 9.17) is 4.74 Å². The number of ether oxygens (including phenoxy) is 1. The summed E-state index contributed by atoms with van der Waals surface area (Å²) >= 11 is 0. The molecule has 202 valence electrons. The average molecular weight is 518 g/mol. The van der Waals surface area contributed by atoms with E-state index in [1.54, 1.807) is 19.2 Å². The minimum absolute atomic E-state index is 0.175. The van der Waals surface area contributed by atoms with E-state index in [0.717, 1.165) is 32.5 Å². The van der Waals surface area contributed by atoms with Gasteiger partial charge >= 0.3 is 12.1 Å². The molecule has 3 heterocycles. The van der Waals surface area contributed by atoms with Crippen molar-refractivity contribution in [3.05, 3.63) is 17.9 Å². The molecule has 11 nitrogen and oxygen atoms in total. The summed E-state index contributed by atoms with van der Waals surface area (Å²) in [4.78, 5) is 38.9. The first-order valence-corrected chi connectivity index (χ1v) is 12.7. The molecular formula is C25H36FN7O4. The van der Waals surface area contributed by atoms with Crippen LogP contribution in [0.2, 0.25) is 0 Å². The second-order valence-electron chi connectivity index (χ2n) is 10.6. The van der Waals surface area contributed by atoms with Gasteiger partial charge in [0.2, 0.25) is 5.91 Å². The molecular weight excluding hydrogens is 481 g/mol. The number of alkyl carbamates (subject to hydrolysis) is 1. The summed E-state index contributed by atoms with van der Waals surface area (Å²) in [6.45, 7) is 9.12. The fourth-order valence-electron chi connectivity index (χ4n) is 4.76. The topological polar surface area (TPSA) is 121 Å². The minimum Gasteiger partial charge on any atom is -0.444 e. The van der Waals surface area contributed by atoms with Gasteiger partial charge in [0.15, 0.2) is 11.6 Å². The predicted octanol–water partition coefficient (Wildman–Crippen LogP) is 2.49. The number of hydrogen-bond donors (Lipinski definition) is 3. The van der Waals surface area contributed by atoms with Gasteiger partial charge in [0.05, 0.1) is 5.69 Å². The Morgan fingerprint density at radius 3 is 2.59 bits per heavy atom. The van der Waals surface area contributed by atoms with Gasteiger partial charge in [-0.3, -0.25) is 19.7 Å². The van der Waals surface area contributed by atoms with Crippen LogP contribution >= 0.6 is 0 Å². The lowest BCUT2D eigenvalue weighted by Gasteiger charge is -2.34. The number of nitrogens with one attached hydrogen (secondary N) is 3. The van der Waals surface area contributed by atoms with E-state index in [2.05, 4.69) is 21.0 Å². The fourth-order valence-corrected chi connectivity index (χ4v) is 4.76. The largest absolute Gasteiger partial charge is 0.444 e. The molecule has 2 aliphatic heterocycles. The number of anilines is 2. The lowest BCUT2D eigenvalue weighted by Crippen LogP contribution is -2.49. The Balaban J connectivity index is 1.31. The van der Waals surface area contributed by atoms with Crippen molar-refractivity contribution in [3.63, 3.8) is 0 Å². The highest BCUT2D eigenvalue weighted by Gasteiger charge is 2.30. The van der Waals surface area contributed by atoms with Crippen LogP contribution in [0.5, 0.6) is 0 Å². The first kappa shape index (κ1) is 26.6. The number of amides is 4. The first-order chi connectivity index (χ1) is 17.5. The van der Waals surface area contributed by atoms with Crippen molar-refractivity contribution in [1.82, 2.24) is 25.7 Å². The molecule has 0 radical (unpaired) electrons. The molecule has 0 aliphatic carbocycles. The molecule has 0 spiro atoms. The number of carbonyl (C=O) groups is 3. The lowest BCUT2D eigenvalue weighted by atomic mass is 9.96. The molecule has 0 saturated carbocycles. The fraction of sp³-hybridized carbons (Fsp3) is 0.600. The van der Waals surface area contributed by atoms with Gasteiger partial charge in [-0.05, 0) is 58.2 Å². The van der Waals surface area contributed by atoms with Crippen molar-refractivity contribution < 1.29 is 23.5 Å². The number of rotatable bonds is 7. The Labute approximate surface area is 215 Å². The predicted molar refractivity (Wildman–Crippen MR) is 138 cm³/mol. The third kappa shape index (κ3) is 6.30. The number of fused-ring (bicyclic) bond motifs is 1. The van der Waals surface area contributed by atoms with Crippen molar-refractivity contribution >= 4 is 40.4 Å². The Kier molecular flexibility index (Phi) is 7.86. The first-order valence-electron chi connectivity index (χ1n) is 12.7. The van der Waals surface area contributed by atoms with Crippen molar-refractivity contribution in [2.24, 2.45) is 13.0 Å². The smallest absolute Gasteiger partial charge is 0.407 e. The number of imide groups is 1. The van der Waals surface area contributed by atoms with Crippen molar-refractivity contribution in [2.45, 2.75) is 45.6 Å². The van der Waals surface area contributed by atoms with Crippen LogP contribution < -0.4 is 25.8 Å². The van der Waals surface area contributed by atoms with E-state index >= 15 is 4.39 Å². The molecule has 37 heavy (non-hydrogen) atoms.